The number of rotatable bonds is 3. The molecule has 4 rings (SSSR count). The number of hydrogen-bond donors (Lipinski definition) is 1. The SMILES string of the molecule is Cc1ccc(-c2nc3cc(NC(=O)c4cccc(Cl)c4)ccc3o2)cc1C. The predicted molar refractivity (Wildman–Crippen MR) is 108 cm³/mol. The van der Waals surface area contributed by atoms with Crippen LogP contribution in [-0.2, 0) is 0 Å². The zero-order valence-electron chi connectivity index (χ0n) is 14.9. The number of carbonyl (C=O) groups is 1. The second-order valence-electron chi connectivity index (χ2n) is 6.47. The Hall–Kier alpha value is -3.11. The summed E-state index contributed by atoms with van der Waals surface area (Å²) in [5.74, 6) is 0.334. The highest BCUT2D eigenvalue weighted by Gasteiger charge is 2.11. The first-order valence-electron chi connectivity index (χ1n) is 8.55. The minimum absolute atomic E-state index is 0.227. The Bertz CT molecular complexity index is 1160. The number of anilines is 1. The second-order valence-corrected chi connectivity index (χ2v) is 6.90. The lowest BCUT2D eigenvalue weighted by Gasteiger charge is -2.05. The van der Waals surface area contributed by atoms with E-state index in [9.17, 15) is 4.79 Å². The van der Waals surface area contributed by atoms with Gasteiger partial charge < -0.3 is 9.73 Å². The molecule has 4 aromatic rings. The van der Waals surface area contributed by atoms with Crippen molar-refractivity contribution in [1.29, 1.82) is 0 Å². The number of fused-ring (bicyclic) bond motifs is 1. The van der Waals surface area contributed by atoms with Crippen LogP contribution in [0.2, 0.25) is 5.02 Å². The first-order valence-corrected chi connectivity index (χ1v) is 8.92. The van der Waals surface area contributed by atoms with Crippen molar-refractivity contribution < 1.29 is 9.21 Å². The number of carbonyl (C=O) groups excluding carboxylic acids is 1. The first kappa shape index (κ1) is 17.3. The number of amides is 1. The molecule has 27 heavy (non-hydrogen) atoms. The van der Waals surface area contributed by atoms with Gasteiger partial charge in [0.05, 0.1) is 0 Å². The number of benzene rings is 3. The third-order valence-corrected chi connectivity index (χ3v) is 4.72. The van der Waals surface area contributed by atoms with E-state index in [1.54, 1.807) is 42.5 Å². The number of nitrogens with one attached hydrogen (secondary N) is 1. The summed E-state index contributed by atoms with van der Waals surface area (Å²) < 4.78 is 5.87. The minimum Gasteiger partial charge on any atom is -0.436 e. The van der Waals surface area contributed by atoms with Crippen LogP contribution in [0.3, 0.4) is 0 Å². The van der Waals surface area contributed by atoms with Gasteiger partial charge in [-0.15, -0.1) is 0 Å². The Morgan fingerprint density at radius 3 is 2.63 bits per heavy atom. The molecule has 0 saturated heterocycles. The van der Waals surface area contributed by atoms with Gasteiger partial charge in [-0.2, -0.15) is 0 Å². The molecule has 4 nitrogen and oxygen atoms in total. The highest BCUT2D eigenvalue weighted by atomic mass is 35.5. The number of aromatic nitrogens is 1. The van der Waals surface area contributed by atoms with Gasteiger partial charge in [-0.25, -0.2) is 4.98 Å². The van der Waals surface area contributed by atoms with E-state index in [0.29, 0.717) is 33.3 Å². The molecule has 5 heteroatoms. The highest BCUT2D eigenvalue weighted by molar-refractivity contribution is 6.31. The van der Waals surface area contributed by atoms with Crippen LogP contribution >= 0.6 is 11.6 Å². The van der Waals surface area contributed by atoms with Crippen molar-refractivity contribution in [3.05, 3.63) is 82.4 Å². The molecule has 0 fully saturated rings. The van der Waals surface area contributed by atoms with Crippen LogP contribution in [0.25, 0.3) is 22.6 Å². The molecule has 0 atom stereocenters. The van der Waals surface area contributed by atoms with Crippen LogP contribution in [0, 0.1) is 13.8 Å². The number of hydrogen-bond acceptors (Lipinski definition) is 3. The van der Waals surface area contributed by atoms with E-state index in [2.05, 4.69) is 36.3 Å². The number of halogens is 1. The average molecular weight is 377 g/mol. The van der Waals surface area contributed by atoms with Gasteiger partial charge in [0.15, 0.2) is 5.58 Å². The van der Waals surface area contributed by atoms with Crippen LogP contribution < -0.4 is 5.32 Å². The zero-order valence-corrected chi connectivity index (χ0v) is 15.7. The summed E-state index contributed by atoms with van der Waals surface area (Å²) in [6, 6.07) is 18.3. The Morgan fingerprint density at radius 1 is 1.00 bits per heavy atom. The lowest BCUT2D eigenvalue weighted by molar-refractivity contribution is 0.102. The van der Waals surface area contributed by atoms with E-state index in [1.165, 1.54) is 11.1 Å². The van der Waals surface area contributed by atoms with E-state index in [0.717, 1.165) is 5.56 Å². The minimum atomic E-state index is -0.227. The number of oxazole rings is 1. The van der Waals surface area contributed by atoms with E-state index in [-0.39, 0.29) is 5.91 Å². The Morgan fingerprint density at radius 2 is 1.85 bits per heavy atom. The van der Waals surface area contributed by atoms with Gasteiger partial charge in [0, 0.05) is 21.8 Å². The monoisotopic (exact) mass is 376 g/mol. The lowest BCUT2D eigenvalue weighted by atomic mass is 10.1. The molecule has 0 radical (unpaired) electrons. The third kappa shape index (κ3) is 3.57. The molecule has 0 aliphatic heterocycles. The molecule has 0 spiro atoms. The summed E-state index contributed by atoms with van der Waals surface area (Å²) in [5.41, 5.74) is 5.84. The summed E-state index contributed by atoms with van der Waals surface area (Å²) in [6.45, 7) is 4.13. The number of aryl methyl sites for hydroxylation is 2. The highest BCUT2D eigenvalue weighted by Crippen LogP contribution is 2.27. The molecule has 1 amide bonds. The molecule has 134 valence electrons. The molecule has 1 aromatic heterocycles. The lowest BCUT2D eigenvalue weighted by Crippen LogP contribution is -2.11. The molecule has 0 saturated carbocycles. The van der Waals surface area contributed by atoms with Gasteiger partial charge >= 0.3 is 0 Å². The Balaban J connectivity index is 1.62. The largest absolute Gasteiger partial charge is 0.436 e. The molecule has 0 unspecified atom stereocenters. The normalized spacial score (nSPS) is 10.9. The third-order valence-electron chi connectivity index (χ3n) is 4.49. The quantitative estimate of drug-likeness (QED) is 0.475. The standard InChI is InChI=1S/C22H17ClN2O2/c1-13-6-7-16(10-14(13)2)22-25-19-12-18(8-9-20(19)27-22)24-21(26)15-4-3-5-17(23)11-15/h3-12H,1-2H3,(H,24,26). The second kappa shape index (κ2) is 6.89. The maximum atomic E-state index is 12.4. The van der Waals surface area contributed by atoms with E-state index < -0.39 is 0 Å². The van der Waals surface area contributed by atoms with Gasteiger partial charge in [-0.1, -0.05) is 23.7 Å². The predicted octanol–water partition coefficient (Wildman–Crippen LogP) is 6.02. The van der Waals surface area contributed by atoms with Crippen LogP contribution in [0.15, 0.2) is 65.1 Å². The molecule has 3 aromatic carbocycles. The van der Waals surface area contributed by atoms with Crippen LogP contribution in [0.5, 0.6) is 0 Å². The van der Waals surface area contributed by atoms with Gasteiger partial charge in [0.25, 0.3) is 5.91 Å². The fourth-order valence-electron chi connectivity index (χ4n) is 2.84. The van der Waals surface area contributed by atoms with Crippen molar-refractivity contribution in [2.45, 2.75) is 13.8 Å². The molecule has 0 bridgehead atoms. The van der Waals surface area contributed by atoms with Crippen molar-refractivity contribution in [1.82, 2.24) is 4.98 Å². The summed E-state index contributed by atoms with van der Waals surface area (Å²) in [5, 5.41) is 3.38. The fraction of sp³-hybridized carbons (Fsp3) is 0.0909. The van der Waals surface area contributed by atoms with Crippen LogP contribution in [-0.4, -0.2) is 10.9 Å². The zero-order chi connectivity index (χ0) is 19.0. The summed E-state index contributed by atoms with van der Waals surface area (Å²) in [4.78, 5) is 17.0. The van der Waals surface area contributed by atoms with Gasteiger partial charge in [-0.05, 0) is 73.5 Å². The maximum Gasteiger partial charge on any atom is 0.255 e. The number of nitrogens with zero attached hydrogens (tertiary/aromatic N) is 1. The fourth-order valence-corrected chi connectivity index (χ4v) is 3.03. The van der Waals surface area contributed by atoms with Crippen LogP contribution in [0.1, 0.15) is 21.5 Å². The van der Waals surface area contributed by atoms with Crippen molar-refractivity contribution >= 4 is 34.3 Å². The molecule has 1 heterocycles. The Kier molecular flexibility index (Phi) is 4.42. The van der Waals surface area contributed by atoms with Gasteiger partial charge in [0.1, 0.15) is 5.52 Å². The topological polar surface area (TPSA) is 55.1 Å². The molecular weight excluding hydrogens is 360 g/mol. The molecule has 1 N–H and O–H groups in total. The maximum absolute atomic E-state index is 12.4. The van der Waals surface area contributed by atoms with Crippen molar-refractivity contribution in [3.63, 3.8) is 0 Å². The first-order chi connectivity index (χ1) is 13.0. The molecule has 0 aliphatic rings. The summed E-state index contributed by atoms with van der Waals surface area (Å²) >= 11 is 5.95. The molecule has 0 aliphatic carbocycles. The van der Waals surface area contributed by atoms with Gasteiger partial charge in [-0.3, -0.25) is 4.79 Å². The summed E-state index contributed by atoms with van der Waals surface area (Å²) in [7, 11) is 0. The van der Waals surface area contributed by atoms with E-state index in [4.69, 9.17) is 16.0 Å². The molecular formula is C22H17ClN2O2. The summed E-state index contributed by atoms with van der Waals surface area (Å²) in [6.07, 6.45) is 0. The average Bonchev–Trinajstić information content (AvgIpc) is 3.07. The van der Waals surface area contributed by atoms with E-state index in [1.807, 2.05) is 6.07 Å². The van der Waals surface area contributed by atoms with Crippen LogP contribution in [0.4, 0.5) is 5.69 Å². The van der Waals surface area contributed by atoms with Gasteiger partial charge in [0.2, 0.25) is 5.89 Å². The van der Waals surface area contributed by atoms with Crippen molar-refractivity contribution in [2.75, 3.05) is 5.32 Å². The van der Waals surface area contributed by atoms with E-state index >= 15 is 0 Å². The van der Waals surface area contributed by atoms with Crippen molar-refractivity contribution in [2.24, 2.45) is 0 Å². The smallest absolute Gasteiger partial charge is 0.255 e. The van der Waals surface area contributed by atoms with Crippen molar-refractivity contribution in [3.8, 4) is 11.5 Å². The Labute approximate surface area is 161 Å².